The van der Waals surface area contributed by atoms with Gasteiger partial charge in [0.1, 0.15) is 0 Å². The number of hydrogen-bond acceptors (Lipinski definition) is 2. The Morgan fingerprint density at radius 3 is 2.50 bits per heavy atom. The molecule has 2 atom stereocenters. The van der Waals surface area contributed by atoms with E-state index in [0.717, 1.165) is 11.1 Å². The van der Waals surface area contributed by atoms with Gasteiger partial charge >= 0.3 is 0 Å². The van der Waals surface area contributed by atoms with Crippen LogP contribution in [0.15, 0.2) is 48.5 Å². The highest BCUT2D eigenvalue weighted by atomic mass is 35.5. The Kier molecular flexibility index (Phi) is 4.79. The van der Waals surface area contributed by atoms with Gasteiger partial charge in [0.15, 0.2) is 0 Å². The molecular weight excluding hydrogens is 270 g/mol. The molecule has 2 aromatic carbocycles. The van der Waals surface area contributed by atoms with Crippen LogP contribution in [0, 0.1) is 11.3 Å². The number of halogens is 1. The van der Waals surface area contributed by atoms with Crippen molar-refractivity contribution >= 4 is 11.6 Å². The van der Waals surface area contributed by atoms with Crippen LogP contribution in [0.25, 0.3) is 0 Å². The summed E-state index contributed by atoms with van der Waals surface area (Å²) in [7, 11) is 0. The van der Waals surface area contributed by atoms with Crippen LogP contribution >= 0.6 is 11.6 Å². The molecule has 20 heavy (non-hydrogen) atoms. The number of benzene rings is 2. The number of nitriles is 1. The molecule has 0 unspecified atom stereocenters. The van der Waals surface area contributed by atoms with Gasteiger partial charge in [0.2, 0.25) is 0 Å². The van der Waals surface area contributed by atoms with Crippen molar-refractivity contribution in [3.8, 4) is 6.07 Å². The molecule has 2 aromatic rings. The summed E-state index contributed by atoms with van der Waals surface area (Å²) < 4.78 is 0. The maximum atomic E-state index is 10.0. The first kappa shape index (κ1) is 14.6. The predicted octanol–water partition coefficient (Wildman–Crippen LogP) is 3.92. The number of hydrogen-bond donors (Lipinski definition) is 1. The Hall–Kier alpha value is -1.82. The van der Waals surface area contributed by atoms with Crippen LogP contribution in [0.2, 0.25) is 5.02 Å². The molecule has 0 aliphatic heterocycles. The third kappa shape index (κ3) is 3.60. The SMILES string of the molecule is C[C@@H](O)[C@H](Cc1ccc(Cl)cc1)c1cccc(C#N)c1. The van der Waals surface area contributed by atoms with Crippen molar-refractivity contribution in [3.63, 3.8) is 0 Å². The molecule has 0 aromatic heterocycles. The topological polar surface area (TPSA) is 44.0 Å². The zero-order valence-corrected chi connectivity index (χ0v) is 12.0. The molecule has 3 heteroatoms. The Morgan fingerprint density at radius 1 is 1.20 bits per heavy atom. The molecule has 0 saturated heterocycles. The fourth-order valence-electron chi connectivity index (χ4n) is 2.28. The molecule has 0 bridgehead atoms. The van der Waals surface area contributed by atoms with E-state index in [9.17, 15) is 5.11 Å². The van der Waals surface area contributed by atoms with Crippen molar-refractivity contribution in [2.24, 2.45) is 0 Å². The van der Waals surface area contributed by atoms with Crippen LogP contribution in [0.1, 0.15) is 29.5 Å². The van der Waals surface area contributed by atoms with E-state index in [-0.39, 0.29) is 5.92 Å². The summed E-state index contributed by atoms with van der Waals surface area (Å²) in [5.74, 6) is -0.0375. The van der Waals surface area contributed by atoms with Crippen LogP contribution in [0.3, 0.4) is 0 Å². The highest BCUT2D eigenvalue weighted by Crippen LogP contribution is 2.26. The maximum absolute atomic E-state index is 10.0. The van der Waals surface area contributed by atoms with Gasteiger partial charge < -0.3 is 5.11 Å². The van der Waals surface area contributed by atoms with Gasteiger partial charge in [-0.25, -0.2) is 0 Å². The molecule has 0 aliphatic carbocycles. The molecule has 0 spiro atoms. The molecule has 0 aliphatic rings. The summed E-state index contributed by atoms with van der Waals surface area (Å²) >= 11 is 5.88. The van der Waals surface area contributed by atoms with Crippen LogP contribution < -0.4 is 0 Å². The molecule has 102 valence electrons. The second kappa shape index (κ2) is 6.56. The second-order valence-electron chi connectivity index (χ2n) is 4.91. The average molecular weight is 286 g/mol. The summed E-state index contributed by atoms with van der Waals surface area (Å²) in [6.07, 6.45) is 0.226. The normalized spacial score (nSPS) is 13.5. The smallest absolute Gasteiger partial charge is 0.0991 e. The second-order valence-corrected chi connectivity index (χ2v) is 5.35. The summed E-state index contributed by atoms with van der Waals surface area (Å²) in [4.78, 5) is 0. The number of aliphatic hydroxyl groups excluding tert-OH is 1. The summed E-state index contributed by atoms with van der Waals surface area (Å²) in [6.45, 7) is 1.78. The van der Waals surface area contributed by atoms with Crippen LogP contribution in [0.4, 0.5) is 0 Å². The van der Waals surface area contributed by atoms with Crippen molar-refractivity contribution < 1.29 is 5.11 Å². The van der Waals surface area contributed by atoms with E-state index in [4.69, 9.17) is 16.9 Å². The Morgan fingerprint density at radius 2 is 1.90 bits per heavy atom. The largest absolute Gasteiger partial charge is 0.393 e. The number of nitrogens with zero attached hydrogens (tertiary/aromatic N) is 1. The zero-order chi connectivity index (χ0) is 14.5. The third-order valence-corrected chi connectivity index (χ3v) is 3.65. The number of aliphatic hydroxyl groups is 1. The van der Waals surface area contributed by atoms with E-state index in [2.05, 4.69) is 6.07 Å². The van der Waals surface area contributed by atoms with Gasteiger partial charge in [-0.1, -0.05) is 35.9 Å². The lowest BCUT2D eigenvalue weighted by Gasteiger charge is -2.21. The molecule has 0 fully saturated rings. The molecular formula is C17H16ClNO. The minimum Gasteiger partial charge on any atom is -0.393 e. The lowest BCUT2D eigenvalue weighted by molar-refractivity contribution is 0.161. The minimum absolute atomic E-state index is 0.0375. The summed E-state index contributed by atoms with van der Waals surface area (Å²) in [6, 6.07) is 17.2. The average Bonchev–Trinajstić information content (AvgIpc) is 2.46. The summed E-state index contributed by atoms with van der Waals surface area (Å²) in [5, 5.41) is 19.7. The van der Waals surface area contributed by atoms with Gasteiger partial charge in [-0.3, -0.25) is 0 Å². The van der Waals surface area contributed by atoms with Gasteiger partial charge in [-0.15, -0.1) is 0 Å². The van der Waals surface area contributed by atoms with Crippen molar-refractivity contribution in [2.45, 2.75) is 25.4 Å². The van der Waals surface area contributed by atoms with Gasteiger partial charge in [0.25, 0.3) is 0 Å². The molecule has 0 heterocycles. The molecule has 0 radical (unpaired) electrons. The number of rotatable bonds is 4. The van der Waals surface area contributed by atoms with Crippen LogP contribution in [-0.2, 0) is 6.42 Å². The summed E-state index contributed by atoms with van der Waals surface area (Å²) in [5.41, 5.74) is 2.71. The Labute approximate surface area is 124 Å². The van der Waals surface area contributed by atoms with E-state index in [1.807, 2.05) is 42.5 Å². The van der Waals surface area contributed by atoms with Crippen molar-refractivity contribution in [3.05, 3.63) is 70.2 Å². The molecule has 0 amide bonds. The Bertz CT molecular complexity index is 614. The first-order valence-corrected chi connectivity index (χ1v) is 6.90. The molecule has 1 N–H and O–H groups in total. The lowest BCUT2D eigenvalue weighted by atomic mass is 9.87. The van der Waals surface area contributed by atoms with Crippen molar-refractivity contribution in [1.82, 2.24) is 0 Å². The van der Waals surface area contributed by atoms with Crippen LogP contribution in [-0.4, -0.2) is 11.2 Å². The van der Waals surface area contributed by atoms with Crippen molar-refractivity contribution in [1.29, 1.82) is 5.26 Å². The first-order valence-electron chi connectivity index (χ1n) is 6.52. The lowest BCUT2D eigenvalue weighted by Crippen LogP contribution is -2.17. The molecule has 2 rings (SSSR count). The van der Waals surface area contributed by atoms with Crippen molar-refractivity contribution in [2.75, 3.05) is 0 Å². The third-order valence-electron chi connectivity index (χ3n) is 3.40. The predicted molar refractivity (Wildman–Crippen MR) is 80.7 cm³/mol. The zero-order valence-electron chi connectivity index (χ0n) is 11.3. The molecule has 2 nitrogen and oxygen atoms in total. The molecule has 0 saturated carbocycles. The van der Waals surface area contributed by atoms with E-state index in [0.29, 0.717) is 17.0 Å². The fourth-order valence-corrected chi connectivity index (χ4v) is 2.41. The van der Waals surface area contributed by atoms with Crippen LogP contribution in [0.5, 0.6) is 0 Å². The van der Waals surface area contributed by atoms with E-state index < -0.39 is 6.10 Å². The van der Waals surface area contributed by atoms with Gasteiger partial charge in [0.05, 0.1) is 17.7 Å². The highest BCUT2D eigenvalue weighted by molar-refractivity contribution is 6.30. The fraction of sp³-hybridized carbons (Fsp3) is 0.235. The van der Waals surface area contributed by atoms with E-state index in [1.165, 1.54) is 0 Å². The minimum atomic E-state index is -0.486. The maximum Gasteiger partial charge on any atom is 0.0991 e. The monoisotopic (exact) mass is 285 g/mol. The Balaban J connectivity index is 2.27. The highest BCUT2D eigenvalue weighted by Gasteiger charge is 2.18. The standard InChI is InChI=1S/C17H16ClNO/c1-12(20)17(10-13-5-7-16(18)8-6-13)15-4-2-3-14(9-15)11-19/h2-9,12,17,20H,10H2,1H3/t12-,17+/m1/s1. The van der Waals surface area contributed by atoms with Gasteiger partial charge in [0, 0.05) is 10.9 Å². The van der Waals surface area contributed by atoms with E-state index in [1.54, 1.807) is 13.0 Å². The van der Waals surface area contributed by atoms with E-state index >= 15 is 0 Å². The quantitative estimate of drug-likeness (QED) is 0.925. The first-order chi connectivity index (χ1) is 9.60. The van der Waals surface area contributed by atoms with Gasteiger partial charge in [-0.2, -0.15) is 5.26 Å². The van der Waals surface area contributed by atoms with Gasteiger partial charge in [-0.05, 0) is 48.7 Å².